The number of sulfonamides is 1. The van der Waals surface area contributed by atoms with Gasteiger partial charge in [0.2, 0.25) is 10.0 Å². The van der Waals surface area contributed by atoms with Crippen LogP contribution in [0.5, 0.6) is 0 Å². The van der Waals surface area contributed by atoms with Gasteiger partial charge in [0.25, 0.3) is 5.91 Å². The molecule has 0 spiro atoms. The number of rotatable bonds is 5. The molecule has 1 atom stereocenters. The van der Waals surface area contributed by atoms with Crippen LogP contribution in [0.4, 0.5) is 4.79 Å². The minimum Gasteiger partial charge on any atom is -0.449 e. The number of esters is 1. The van der Waals surface area contributed by atoms with E-state index in [1.807, 2.05) is 0 Å². The van der Waals surface area contributed by atoms with E-state index in [9.17, 15) is 22.8 Å². The molecule has 1 aliphatic rings. The summed E-state index contributed by atoms with van der Waals surface area (Å²) in [6.07, 6.45) is 2.34. The number of hydrogen-bond acceptors (Lipinski definition) is 6. The first-order chi connectivity index (χ1) is 14.4. The molecular weight excluding hydrogens is 422 g/mol. The Kier molecular flexibility index (Phi) is 8.19. The maximum Gasteiger partial charge on any atom is 0.338 e. The van der Waals surface area contributed by atoms with Crippen molar-refractivity contribution in [1.82, 2.24) is 14.9 Å². The van der Waals surface area contributed by atoms with E-state index in [0.29, 0.717) is 13.1 Å². The minimum atomic E-state index is -3.73. The first-order valence-corrected chi connectivity index (χ1v) is 11.8. The van der Waals surface area contributed by atoms with Crippen LogP contribution in [-0.2, 0) is 19.6 Å². The van der Waals surface area contributed by atoms with Gasteiger partial charge in [0.15, 0.2) is 6.10 Å². The van der Waals surface area contributed by atoms with E-state index in [-0.39, 0.29) is 10.5 Å². The van der Waals surface area contributed by atoms with Gasteiger partial charge in [-0.15, -0.1) is 0 Å². The summed E-state index contributed by atoms with van der Waals surface area (Å²) in [6, 6.07) is 4.86. The third-order valence-electron chi connectivity index (χ3n) is 4.65. The Morgan fingerprint density at radius 3 is 2.26 bits per heavy atom. The zero-order valence-corrected chi connectivity index (χ0v) is 19.3. The van der Waals surface area contributed by atoms with Gasteiger partial charge in [-0.25, -0.2) is 18.0 Å². The van der Waals surface area contributed by atoms with Crippen molar-refractivity contribution in [1.29, 1.82) is 0 Å². The Balaban J connectivity index is 2.05. The molecule has 10 heteroatoms. The van der Waals surface area contributed by atoms with Crippen LogP contribution in [0.3, 0.4) is 0 Å². The van der Waals surface area contributed by atoms with Crippen LogP contribution in [0.1, 0.15) is 63.7 Å². The largest absolute Gasteiger partial charge is 0.449 e. The third kappa shape index (κ3) is 7.32. The molecule has 172 valence electrons. The van der Waals surface area contributed by atoms with Gasteiger partial charge in [0.05, 0.1) is 10.5 Å². The Morgan fingerprint density at radius 2 is 1.68 bits per heavy atom. The van der Waals surface area contributed by atoms with Crippen molar-refractivity contribution >= 4 is 27.9 Å². The molecule has 0 aromatic heterocycles. The van der Waals surface area contributed by atoms with Gasteiger partial charge in [0, 0.05) is 18.6 Å². The lowest BCUT2D eigenvalue weighted by Gasteiger charge is -2.21. The summed E-state index contributed by atoms with van der Waals surface area (Å²) >= 11 is 0. The van der Waals surface area contributed by atoms with E-state index < -0.39 is 39.6 Å². The molecule has 1 aliphatic heterocycles. The van der Waals surface area contributed by atoms with Crippen LogP contribution < -0.4 is 10.6 Å². The molecule has 9 nitrogen and oxygen atoms in total. The van der Waals surface area contributed by atoms with Crippen molar-refractivity contribution in [3.8, 4) is 0 Å². The Morgan fingerprint density at radius 1 is 1.06 bits per heavy atom. The van der Waals surface area contributed by atoms with Gasteiger partial charge in [-0.3, -0.25) is 10.1 Å². The number of hydrogen-bond donors (Lipinski definition) is 2. The molecular formula is C21H31N3O6S. The molecule has 2 rings (SSSR count). The number of nitrogens with one attached hydrogen (secondary N) is 2. The van der Waals surface area contributed by atoms with Crippen LogP contribution >= 0.6 is 0 Å². The average molecular weight is 454 g/mol. The van der Waals surface area contributed by atoms with Gasteiger partial charge < -0.3 is 10.1 Å². The average Bonchev–Trinajstić information content (AvgIpc) is 2.96. The Labute approximate surface area is 183 Å². The van der Waals surface area contributed by atoms with Crippen LogP contribution in [0.15, 0.2) is 29.2 Å². The van der Waals surface area contributed by atoms with Crippen LogP contribution in [-0.4, -0.2) is 55.4 Å². The van der Waals surface area contributed by atoms with Crippen molar-refractivity contribution in [2.24, 2.45) is 0 Å². The molecule has 2 N–H and O–H groups in total. The number of amides is 3. The lowest BCUT2D eigenvalue weighted by molar-refractivity contribution is -0.127. The van der Waals surface area contributed by atoms with Gasteiger partial charge in [-0.2, -0.15) is 4.31 Å². The number of ether oxygens (including phenoxy) is 1. The zero-order valence-electron chi connectivity index (χ0n) is 18.4. The number of nitrogens with zero attached hydrogens (tertiary/aromatic N) is 1. The Bertz CT molecular complexity index is 915. The number of urea groups is 1. The second kappa shape index (κ2) is 10.2. The molecule has 0 saturated carbocycles. The van der Waals surface area contributed by atoms with E-state index in [4.69, 9.17) is 4.74 Å². The fourth-order valence-corrected chi connectivity index (χ4v) is 4.65. The quantitative estimate of drug-likeness (QED) is 0.660. The summed E-state index contributed by atoms with van der Waals surface area (Å²) in [5.41, 5.74) is -0.529. The summed E-state index contributed by atoms with van der Waals surface area (Å²) in [4.78, 5) is 36.4. The van der Waals surface area contributed by atoms with E-state index in [1.54, 1.807) is 20.8 Å². The molecule has 1 aromatic carbocycles. The van der Waals surface area contributed by atoms with Gasteiger partial charge in [-0.1, -0.05) is 18.9 Å². The normalized spacial score (nSPS) is 16.6. The van der Waals surface area contributed by atoms with Crippen molar-refractivity contribution in [3.63, 3.8) is 0 Å². The van der Waals surface area contributed by atoms with Gasteiger partial charge >= 0.3 is 12.0 Å². The SMILES string of the molecule is CC(OC(=O)c1cccc(S(=O)(=O)N2CCCCCC2)c1)C(=O)NC(=O)NC(C)(C)C. The number of carbonyl (C=O) groups excluding carboxylic acids is 3. The van der Waals surface area contributed by atoms with Crippen molar-refractivity contribution in [2.75, 3.05) is 13.1 Å². The third-order valence-corrected chi connectivity index (χ3v) is 6.55. The zero-order chi connectivity index (χ0) is 23.2. The lowest BCUT2D eigenvalue weighted by Crippen LogP contribution is -2.50. The monoisotopic (exact) mass is 453 g/mol. The molecule has 31 heavy (non-hydrogen) atoms. The van der Waals surface area contributed by atoms with Crippen LogP contribution in [0, 0.1) is 0 Å². The molecule has 0 bridgehead atoms. The van der Waals surface area contributed by atoms with Gasteiger partial charge in [-0.05, 0) is 58.7 Å². The van der Waals surface area contributed by atoms with Gasteiger partial charge in [0.1, 0.15) is 0 Å². The summed E-state index contributed by atoms with van der Waals surface area (Å²) in [5, 5.41) is 4.68. The molecule has 1 unspecified atom stereocenters. The maximum absolute atomic E-state index is 12.9. The molecule has 3 amide bonds. The van der Waals surface area contributed by atoms with Crippen LogP contribution in [0.2, 0.25) is 0 Å². The minimum absolute atomic E-state index is 0.00510. The van der Waals surface area contributed by atoms with E-state index >= 15 is 0 Å². The summed E-state index contributed by atoms with van der Waals surface area (Å²) in [5.74, 6) is -1.64. The number of benzene rings is 1. The van der Waals surface area contributed by atoms with Crippen molar-refractivity contribution in [2.45, 2.75) is 69.9 Å². The standard InChI is InChI=1S/C21H31N3O6S/c1-15(18(25)22-20(27)23-21(2,3)4)30-19(26)16-10-9-11-17(14-16)31(28,29)24-12-7-5-6-8-13-24/h9-11,14-15H,5-8,12-13H2,1-4H3,(H2,22,23,25,27). The fourth-order valence-electron chi connectivity index (χ4n) is 3.08. The van der Waals surface area contributed by atoms with Crippen LogP contribution in [0.25, 0.3) is 0 Å². The highest BCUT2D eigenvalue weighted by molar-refractivity contribution is 7.89. The highest BCUT2D eigenvalue weighted by atomic mass is 32.2. The molecule has 0 aliphatic carbocycles. The second-order valence-corrected chi connectivity index (χ2v) is 10.5. The number of carbonyl (C=O) groups is 3. The van der Waals surface area contributed by atoms with E-state index in [0.717, 1.165) is 25.7 Å². The predicted octanol–water partition coefficient (Wildman–Crippen LogP) is 2.42. The summed E-state index contributed by atoms with van der Waals surface area (Å²) in [6.45, 7) is 7.50. The lowest BCUT2D eigenvalue weighted by atomic mass is 10.1. The van der Waals surface area contributed by atoms with E-state index in [2.05, 4.69) is 10.6 Å². The summed E-state index contributed by atoms with van der Waals surface area (Å²) in [7, 11) is -3.73. The fraction of sp³-hybridized carbons (Fsp3) is 0.571. The highest BCUT2D eigenvalue weighted by Crippen LogP contribution is 2.21. The maximum atomic E-state index is 12.9. The predicted molar refractivity (Wildman–Crippen MR) is 115 cm³/mol. The van der Waals surface area contributed by atoms with E-state index in [1.165, 1.54) is 35.5 Å². The first-order valence-electron chi connectivity index (χ1n) is 10.3. The first kappa shape index (κ1) is 24.8. The number of imide groups is 1. The second-order valence-electron chi connectivity index (χ2n) is 8.59. The molecule has 1 heterocycles. The van der Waals surface area contributed by atoms with Crippen molar-refractivity contribution in [3.05, 3.63) is 29.8 Å². The molecule has 0 radical (unpaired) electrons. The smallest absolute Gasteiger partial charge is 0.338 e. The van der Waals surface area contributed by atoms with Crippen molar-refractivity contribution < 1.29 is 27.5 Å². The molecule has 1 saturated heterocycles. The highest BCUT2D eigenvalue weighted by Gasteiger charge is 2.27. The molecule has 1 aromatic rings. The Hall–Kier alpha value is -2.46. The topological polar surface area (TPSA) is 122 Å². The summed E-state index contributed by atoms with van der Waals surface area (Å²) < 4.78 is 32.5. The molecule has 1 fully saturated rings.